The number of amides is 1. The number of H-pyrrole nitrogens is 2. The number of fused-ring (bicyclic) bond motifs is 6. The van der Waals surface area contributed by atoms with E-state index in [-0.39, 0.29) is 40.9 Å². The first-order chi connectivity index (χ1) is 30.6. The van der Waals surface area contributed by atoms with E-state index in [1.54, 1.807) is 20.0 Å². The zero-order valence-electron chi connectivity index (χ0n) is 38.1. The highest BCUT2D eigenvalue weighted by Crippen LogP contribution is 2.41. The Labute approximate surface area is 381 Å². The number of hydrogen-bond donors (Lipinski definition) is 3. The van der Waals surface area contributed by atoms with E-state index in [9.17, 15) is 28.0 Å². The number of ether oxygens (including phenoxy) is 2. The van der Waals surface area contributed by atoms with E-state index in [1.807, 2.05) is 65.8 Å². The number of halogens is 3. The number of rotatable bonds is 6. The zero-order valence-corrected chi connectivity index (χ0v) is 38.8. The van der Waals surface area contributed by atoms with Crippen molar-refractivity contribution >= 4 is 67.9 Å². The standard InChI is InChI=1S/C25H26FN3O3.C18H23N3O2.C7H4ClFO/c1-14(2)32-24(31)18-12-29(23(30)16-7-9-17(26)10-8-16)13-25(4,5)20-21(18)28-19-11-6-15(3)27-22(19)20;1-10(2)23-17(22)12-8-19-9-18(4,5)14-15(12)21-13-7-6-11(3)20-16(13)14;8-7(10)5-1-3-6(9)4-2-5/h6-12,14,28H,13H2,1-5H3;6-8,10,19,21H,9H2,1-5H3;1-4H. The van der Waals surface area contributed by atoms with Crippen molar-refractivity contribution in [3.63, 3.8) is 0 Å². The molecule has 0 saturated carbocycles. The topological polar surface area (TPSA) is 159 Å². The summed E-state index contributed by atoms with van der Waals surface area (Å²) in [5.74, 6) is -1.97. The molecule has 0 radical (unpaired) electrons. The predicted octanol–water partition coefficient (Wildman–Crippen LogP) is 9.99. The lowest BCUT2D eigenvalue weighted by atomic mass is 9.83. The average Bonchev–Trinajstić information content (AvgIpc) is 3.72. The van der Waals surface area contributed by atoms with Gasteiger partial charge in [0.25, 0.3) is 11.1 Å². The number of nitrogens with zero attached hydrogens (tertiary/aromatic N) is 3. The van der Waals surface area contributed by atoms with Crippen LogP contribution in [0.2, 0.25) is 0 Å². The summed E-state index contributed by atoms with van der Waals surface area (Å²) in [6.45, 7) is 20.5. The summed E-state index contributed by atoms with van der Waals surface area (Å²) >= 11 is 5.09. The molecule has 15 heteroatoms. The fraction of sp³-hybridized carbons (Fsp3) is 0.320. The average molecular weight is 907 g/mol. The molecule has 3 N–H and O–H groups in total. The molecule has 0 saturated heterocycles. The van der Waals surface area contributed by atoms with Crippen molar-refractivity contribution < 1.29 is 37.4 Å². The van der Waals surface area contributed by atoms with Crippen LogP contribution in [-0.2, 0) is 29.9 Å². The van der Waals surface area contributed by atoms with Gasteiger partial charge in [0.1, 0.15) is 11.6 Å². The number of hydrogen-bond acceptors (Lipinski definition) is 9. The monoisotopic (exact) mass is 906 g/mol. The van der Waals surface area contributed by atoms with Crippen LogP contribution in [-0.4, -0.2) is 73.2 Å². The summed E-state index contributed by atoms with van der Waals surface area (Å²) in [4.78, 5) is 67.0. The quantitative estimate of drug-likeness (QED) is 0.109. The van der Waals surface area contributed by atoms with Crippen molar-refractivity contribution in [2.45, 2.75) is 92.3 Å². The first kappa shape index (κ1) is 47.8. The summed E-state index contributed by atoms with van der Waals surface area (Å²) in [7, 11) is 0. The zero-order chi connectivity index (χ0) is 47.5. The first-order valence-electron chi connectivity index (χ1n) is 21.2. The Balaban J connectivity index is 0.000000184. The number of pyridine rings is 2. The maximum absolute atomic E-state index is 13.4. The summed E-state index contributed by atoms with van der Waals surface area (Å²) < 4.78 is 36.5. The Hall–Kier alpha value is -6.67. The Morgan fingerprint density at radius 3 is 1.58 bits per heavy atom. The second-order valence-electron chi connectivity index (χ2n) is 17.8. The van der Waals surface area contributed by atoms with Crippen LogP contribution >= 0.6 is 11.6 Å². The van der Waals surface area contributed by atoms with Crippen molar-refractivity contribution in [1.29, 1.82) is 0 Å². The van der Waals surface area contributed by atoms with E-state index in [4.69, 9.17) is 31.0 Å². The van der Waals surface area contributed by atoms with E-state index in [0.29, 0.717) is 28.9 Å². The Kier molecular flexibility index (Phi) is 14.1. The van der Waals surface area contributed by atoms with E-state index < -0.39 is 22.4 Å². The van der Waals surface area contributed by atoms with Gasteiger partial charge >= 0.3 is 11.9 Å². The maximum Gasteiger partial charge on any atom is 0.342 e. The Bertz CT molecular complexity index is 2840. The van der Waals surface area contributed by atoms with Gasteiger partial charge in [0, 0.05) is 70.0 Å². The molecule has 0 spiro atoms. The highest BCUT2D eigenvalue weighted by atomic mass is 35.5. The van der Waals surface area contributed by atoms with Crippen LogP contribution < -0.4 is 5.32 Å². The molecular weight excluding hydrogens is 854 g/mol. The fourth-order valence-electron chi connectivity index (χ4n) is 7.73. The van der Waals surface area contributed by atoms with Gasteiger partial charge in [-0.25, -0.2) is 18.4 Å². The smallest absolute Gasteiger partial charge is 0.342 e. The van der Waals surface area contributed by atoms with Crippen LogP contribution in [0.5, 0.6) is 0 Å². The molecule has 2 aromatic carbocycles. The van der Waals surface area contributed by atoms with Crippen molar-refractivity contribution in [2.24, 2.45) is 0 Å². The van der Waals surface area contributed by atoms with Crippen molar-refractivity contribution in [2.75, 3.05) is 13.1 Å². The molecule has 2 aliphatic heterocycles. The van der Waals surface area contributed by atoms with Gasteiger partial charge in [-0.3, -0.25) is 19.6 Å². The lowest BCUT2D eigenvalue weighted by Gasteiger charge is -2.29. The summed E-state index contributed by atoms with van der Waals surface area (Å²) in [5, 5.41) is 2.67. The van der Waals surface area contributed by atoms with Crippen LogP contribution in [0.15, 0.2) is 85.2 Å². The van der Waals surface area contributed by atoms with Gasteiger partial charge in [0.05, 0.1) is 56.8 Å². The van der Waals surface area contributed by atoms with E-state index in [1.165, 1.54) is 59.6 Å². The van der Waals surface area contributed by atoms with Gasteiger partial charge in [0.2, 0.25) is 0 Å². The Morgan fingerprint density at radius 2 is 1.11 bits per heavy atom. The third-order valence-electron chi connectivity index (χ3n) is 10.6. The van der Waals surface area contributed by atoms with Crippen LogP contribution in [0, 0.1) is 25.5 Å². The predicted molar refractivity (Wildman–Crippen MR) is 248 cm³/mol. The number of aryl methyl sites for hydroxylation is 2. The SMILES string of the molecule is Cc1ccc2[nH]c3c(c2n1)C(C)(C)CN(C(=O)c1ccc(F)cc1)C=C3C(=O)OC(C)C.Cc1ccc2[nH]c3c(c2n1)C(C)(C)CNC=C3C(=O)OC(C)C.O=C(Cl)c1ccc(F)cc1. The molecule has 0 atom stereocenters. The number of carbonyl (C=O) groups excluding carboxylic acids is 4. The van der Waals surface area contributed by atoms with Crippen molar-refractivity contribution in [3.8, 4) is 0 Å². The molecule has 0 bridgehead atoms. The van der Waals surface area contributed by atoms with E-state index >= 15 is 0 Å². The van der Waals surface area contributed by atoms with Gasteiger partial charge in [0.15, 0.2) is 0 Å². The molecule has 0 aliphatic carbocycles. The molecular formula is C50H53ClF2N6O6. The third kappa shape index (κ3) is 10.8. The molecule has 1 amide bonds. The van der Waals surface area contributed by atoms with Crippen LogP contribution in [0.4, 0.5) is 8.78 Å². The molecule has 2 aliphatic rings. The lowest BCUT2D eigenvalue weighted by molar-refractivity contribution is -0.141. The van der Waals surface area contributed by atoms with Crippen LogP contribution in [0.25, 0.3) is 33.2 Å². The summed E-state index contributed by atoms with van der Waals surface area (Å²) in [6, 6.07) is 18.3. The molecule has 65 heavy (non-hydrogen) atoms. The molecule has 0 unspecified atom stereocenters. The highest BCUT2D eigenvalue weighted by Gasteiger charge is 2.39. The number of benzene rings is 2. The normalized spacial score (nSPS) is 14.8. The van der Waals surface area contributed by atoms with Gasteiger partial charge in [-0.2, -0.15) is 0 Å². The number of esters is 2. The molecule has 0 fully saturated rings. The molecule has 6 aromatic rings. The summed E-state index contributed by atoms with van der Waals surface area (Å²) in [5.41, 5.74) is 9.31. The minimum Gasteiger partial charge on any atom is -0.459 e. The van der Waals surface area contributed by atoms with Crippen molar-refractivity contribution in [3.05, 3.63) is 142 Å². The fourth-order valence-corrected chi connectivity index (χ4v) is 7.86. The molecule has 4 aromatic heterocycles. The van der Waals surface area contributed by atoms with Gasteiger partial charge in [-0.05, 0) is 126 Å². The van der Waals surface area contributed by atoms with Gasteiger partial charge < -0.3 is 29.7 Å². The molecule has 6 heterocycles. The number of nitrogens with one attached hydrogen (secondary N) is 3. The van der Waals surface area contributed by atoms with Gasteiger partial charge in [-0.15, -0.1) is 0 Å². The molecule has 12 nitrogen and oxygen atoms in total. The minimum absolute atomic E-state index is 0.159. The van der Waals surface area contributed by atoms with E-state index in [0.717, 1.165) is 56.8 Å². The van der Waals surface area contributed by atoms with Crippen LogP contribution in [0.3, 0.4) is 0 Å². The lowest BCUT2D eigenvalue weighted by Crippen LogP contribution is -2.37. The largest absolute Gasteiger partial charge is 0.459 e. The second kappa shape index (κ2) is 19.2. The third-order valence-corrected chi connectivity index (χ3v) is 10.9. The Morgan fingerprint density at radius 1 is 0.662 bits per heavy atom. The molecule has 340 valence electrons. The second-order valence-corrected chi connectivity index (χ2v) is 18.2. The number of carbonyl (C=O) groups is 4. The minimum atomic E-state index is -0.569. The number of aromatic amines is 2. The van der Waals surface area contributed by atoms with Crippen LogP contribution in [0.1, 0.15) is 110 Å². The van der Waals surface area contributed by atoms with Gasteiger partial charge in [-0.1, -0.05) is 27.7 Å². The maximum atomic E-state index is 13.4. The highest BCUT2D eigenvalue weighted by molar-refractivity contribution is 6.67. The summed E-state index contributed by atoms with van der Waals surface area (Å²) in [6.07, 6.45) is 2.80. The first-order valence-corrected chi connectivity index (χ1v) is 21.5. The van der Waals surface area contributed by atoms with Crippen molar-refractivity contribution in [1.82, 2.24) is 30.2 Å². The number of aromatic nitrogens is 4. The van der Waals surface area contributed by atoms with E-state index in [2.05, 4.69) is 29.1 Å². The molecule has 8 rings (SSSR count).